The fraction of sp³-hybridized carbons (Fsp3) is 0.308. The second-order valence-corrected chi connectivity index (χ2v) is 4.39. The first-order chi connectivity index (χ1) is 9.16. The molecular weight excluding hydrogens is 278 g/mol. The molecule has 0 saturated carbocycles. The molecular formula is C13H18ClN5O. The van der Waals surface area contributed by atoms with Crippen LogP contribution in [0, 0.1) is 0 Å². The van der Waals surface area contributed by atoms with E-state index in [4.69, 9.17) is 5.73 Å². The Kier molecular flexibility index (Phi) is 6.14. The van der Waals surface area contributed by atoms with Gasteiger partial charge in [-0.05, 0) is 19.1 Å². The topological polar surface area (TPSA) is 85.8 Å². The third kappa shape index (κ3) is 4.32. The molecule has 6 nitrogen and oxygen atoms in total. The molecule has 2 aromatic heterocycles. The number of nitrogens with one attached hydrogen (secondary N) is 1. The van der Waals surface area contributed by atoms with Gasteiger partial charge in [-0.3, -0.25) is 4.79 Å². The van der Waals surface area contributed by atoms with E-state index in [2.05, 4.69) is 15.4 Å². The largest absolute Gasteiger partial charge is 0.352 e. The molecule has 0 aliphatic carbocycles. The summed E-state index contributed by atoms with van der Waals surface area (Å²) in [6, 6.07) is 5.43. The maximum absolute atomic E-state index is 11.6. The Bertz CT molecular complexity index is 541. The molecule has 0 bridgehead atoms. The van der Waals surface area contributed by atoms with Gasteiger partial charge in [-0.25, -0.2) is 9.67 Å². The van der Waals surface area contributed by atoms with Crippen LogP contribution in [0.15, 0.2) is 36.8 Å². The summed E-state index contributed by atoms with van der Waals surface area (Å²) in [5, 5.41) is 6.98. The standard InChI is InChI=1S/C13H17N5O.ClH/c1-10(14)8-12(19)16-9-11-4-2-5-15-13(11)18-7-3-6-17-18;/h2-7,10H,8-9,14H2,1H3,(H,16,19);1H. The van der Waals surface area contributed by atoms with Crippen molar-refractivity contribution in [2.45, 2.75) is 25.9 Å². The number of halogens is 1. The van der Waals surface area contributed by atoms with Gasteiger partial charge in [0.05, 0.1) is 0 Å². The molecule has 108 valence electrons. The lowest BCUT2D eigenvalue weighted by molar-refractivity contribution is -0.121. The van der Waals surface area contributed by atoms with Crippen molar-refractivity contribution < 1.29 is 4.79 Å². The first kappa shape index (κ1) is 16.1. The Labute approximate surface area is 123 Å². The Balaban J connectivity index is 0.00000200. The van der Waals surface area contributed by atoms with Crippen LogP contribution in [0.5, 0.6) is 0 Å². The molecule has 0 aliphatic heterocycles. The average molecular weight is 296 g/mol. The predicted molar refractivity (Wildman–Crippen MR) is 78.7 cm³/mol. The zero-order valence-corrected chi connectivity index (χ0v) is 12.0. The number of amides is 1. The van der Waals surface area contributed by atoms with Gasteiger partial charge in [0.25, 0.3) is 0 Å². The fourth-order valence-electron chi connectivity index (χ4n) is 1.73. The SMILES string of the molecule is CC(N)CC(=O)NCc1cccnc1-n1cccn1.Cl. The molecule has 2 aromatic rings. The molecule has 0 fully saturated rings. The Hall–Kier alpha value is -1.92. The maximum Gasteiger partial charge on any atom is 0.221 e. The summed E-state index contributed by atoms with van der Waals surface area (Å²) in [5.74, 6) is 0.652. The first-order valence-corrected chi connectivity index (χ1v) is 6.13. The fourth-order valence-corrected chi connectivity index (χ4v) is 1.73. The van der Waals surface area contributed by atoms with E-state index in [1.807, 2.05) is 24.4 Å². The van der Waals surface area contributed by atoms with Crippen LogP contribution >= 0.6 is 12.4 Å². The molecule has 20 heavy (non-hydrogen) atoms. The summed E-state index contributed by atoms with van der Waals surface area (Å²) in [4.78, 5) is 15.9. The zero-order valence-electron chi connectivity index (χ0n) is 11.2. The third-order valence-corrected chi connectivity index (χ3v) is 2.57. The Morgan fingerprint density at radius 1 is 1.45 bits per heavy atom. The monoisotopic (exact) mass is 295 g/mol. The second-order valence-electron chi connectivity index (χ2n) is 4.39. The van der Waals surface area contributed by atoms with Crippen molar-refractivity contribution in [2.75, 3.05) is 0 Å². The van der Waals surface area contributed by atoms with Crippen LogP contribution in [0.1, 0.15) is 18.9 Å². The van der Waals surface area contributed by atoms with Crippen molar-refractivity contribution in [3.63, 3.8) is 0 Å². The molecule has 3 N–H and O–H groups in total. The molecule has 0 aliphatic rings. The lowest BCUT2D eigenvalue weighted by Crippen LogP contribution is -2.29. The van der Waals surface area contributed by atoms with Gasteiger partial charge in [-0.2, -0.15) is 5.10 Å². The number of aromatic nitrogens is 3. The van der Waals surface area contributed by atoms with E-state index in [0.29, 0.717) is 18.8 Å². The van der Waals surface area contributed by atoms with Crippen LogP contribution in [0.2, 0.25) is 0 Å². The quantitative estimate of drug-likeness (QED) is 0.863. The molecule has 0 aromatic carbocycles. The molecule has 0 spiro atoms. The highest BCUT2D eigenvalue weighted by atomic mass is 35.5. The summed E-state index contributed by atoms with van der Waals surface area (Å²) < 4.78 is 1.67. The van der Waals surface area contributed by atoms with Gasteiger partial charge in [0.2, 0.25) is 5.91 Å². The summed E-state index contributed by atoms with van der Waals surface area (Å²) in [6.45, 7) is 2.22. The third-order valence-electron chi connectivity index (χ3n) is 2.57. The minimum atomic E-state index is -0.139. The minimum Gasteiger partial charge on any atom is -0.352 e. The average Bonchev–Trinajstić information content (AvgIpc) is 2.89. The van der Waals surface area contributed by atoms with Crippen molar-refractivity contribution in [1.29, 1.82) is 0 Å². The highest BCUT2D eigenvalue weighted by Crippen LogP contribution is 2.09. The predicted octanol–water partition coefficient (Wildman–Crippen LogP) is 1.04. The lowest BCUT2D eigenvalue weighted by Gasteiger charge is -2.10. The lowest BCUT2D eigenvalue weighted by atomic mass is 10.2. The molecule has 0 saturated heterocycles. The highest BCUT2D eigenvalue weighted by molar-refractivity contribution is 5.85. The number of rotatable bonds is 5. The highest BCUT2D eigenvalue weighted by Gasteiger charge is 2.08. The van der Waals surface area contributed by atoms with E-state index in [0.717, 1.165) is 5.56 Å². The molecule has 0 radical (unpaired) electrons. The van der Waals surface area contributed by atoms with Crippen LogP contribution in [0.25, 0.3) is 5.82 Å². The van der Waals surface area contributed by atoms with Crippen molar-refractivity contribution in [1.82, 2.24) is 20.1 Å². The van der Waals surface area contributed by atoms with Crippen molar-refractivity contribution in [3.8, 4) is 5.82 Å². The first-order valence-electron chi connectivity index (χ1n) is 6.13. The molecule has 7 heteroatoms. The van der Waals surface area contributed by atoms with Gasteiger partial charge in [0.1, 0.15) is 0 Å². The van der Waals surface area contributed by atoms with Crippen molar-refractivity contribution in [2.24, 2.45) is 5.73 Å². The van der Waals surface area contributed by atoms with Crippen LogP contribution in [-0.4, -0.2) is 26.7 Å². The number of nitrogens with zero attached hydrogens (tertiary/aromatic N) is 3. The number of nitrogens with two attached hydrogens (primary N) is 1. The van der Waals surface area contributed by atoms with E-state index in [1.54, 1.807) is 24.0 Å². The van der Waals surface area contributed by atoms with Gasteiger partial charge < -0.3 is 11.1 Å². The van der Waals surface area contributed by atoms with E-state index in [1.165, 1.54) is 0 Å². The molecule has 1 unspecified atom stereocenters. The Morgan fingerprint density at radius 3 is 2.90 bits per heavy atom. The van der Waals surface area contributed by atoms with Gasteiger partial charge in [0, 0.05) is 43.2 Å². The van der Waals surface area contributed by atoms with Crippen molar-refractivity contribution in [3.05, 3.63) is 42.4 Å². The van der Waals surface area contributed by atoms with Gasteiger partial charge in [-0.1, -0.05) is 6.07 Å². The number of pyridine rings is 1. The van der Waals surface area contributed by atoms with Crippen LogP contribution in [0.3, 0.4) is 0 Å². The molecule has 1 atom stereocenters. The Morgan fingerprint density at radius 2 is 2.25 bits per heavy atom. The van der Waals surface area contributed by atoms with Gasteiger partial charge >= 0.3 is 0 Å². The molecule has 2 rings (SSSR count). The smallest absolute Gasteiger partial charge is 0.221 e. The number of carbonyl (C=O) groups excluding carboxylic acids is 1. The van der Waals surface area contributed by atoms with Gasteiger partial charge in [-0.15, -0.1) is 12.4 Å². The van der Waals surface area contributed by atoms with E-state index >= 15 is 0 Å². The number of carbonyl (C=O) groups is 1. The summed E-state index contributed by atoms with van der Waals surface area (Å²) in [5.41, 5.74) is 6.49. The van der Waals surface area contributed by atoms with Crippen LogP contribution < -0.4 is 11.1 Å². The summed E-state index contributed by atoms with van der Waals surface area (Å²) >= 11 is 0. The number of hydrogen-bond acceptors (Lipinski definition) is 4. The molecule has 1 amide bonds. The van der Waals surface area contributed by atoms with Crippen LogP contribution in [-0.2, 0) is 11.3 Å². The minimum absolute atomic E-state index is 0. The zero-order chi connectivity index (χ0) is 13.7. The molecule has 2 heterocycles. The summed E-state index contributed by atoms with van der Waals surface area (Å²) in [7, 11) is 0. The number of hydrogen-bond donors (Lipinski definition) is 2. The van der Waals surface area contributed by atoms with Crippen molar-refractivity contribution >= 4 is 18.3 Å². The maximum atomic E-state index is 11.6. The van der Waals surface area contributed by atoms with E-state index in [-0.39, 0.29) is 24.4 Å². The van der Waals surface area contributed by atoms with Gasteiger partial charge in [0.15, 0.2) is 5.82 Å². The second kappa shape index (κ2) is 7.62. The summed E-state index contributed by atoms with van der Waals surface area (Å²) in [6.07, 6.45) is 5.52. The van der Waals surface area contributed by atoms with Crippen LogP contribution in [0.4, 0.5) is 0 Å². The van der Waals surface area contributed by atoms with E-state index in [9.17, 15) is 4.79 Å². The normalized spacial score (nSPS) is 11.5. The van der Waals surface area contributed by atoms with E-state index < -0.39 is 0 Å².